The fraction of sp³-hybridized carbons (Fsp3) is 0.200. The third kappa shape index (κ3) is 5.08. The Morgan fingerprint density at radius 2 is 1.21 bits per heavy atom. The average molecular weight is 652 g/mol. The number of ether oxygens (including phenoxy) is 1. The van der Waals surface area contributed by atoms with Gasteiger partial charge in [0.25, 0.3) is 11.1 Å². The fourth-order valence-electron chi connectivity index (χ4n) is 4.93. The van der Waals surface area contributed by atoms with Gasteiger partial charge >= 0.3 is 0 Å². The zero-order valence-corrected chi connectivity index (χ0v) is 25.1. The van der Waals surface area contributed by atoms with E-state index in [1.807, 2.05) is 100 Å². The van der Waals surface area contributed by atoms with Gasteiger partial charge in [0.05, 0.1) is 39.0 Å². The lowest BCUT2D eigenvalue weighted by atomic mass is 9.84. The minimum atomic E-state index is -0.727. The molecule has 2 N–H and O–H groups in total. The Bertz CT molecular complexity index is 1650. The van der Waals surface area contributed by atoms with Gasteiger partial charge in [-0.15, -0.1) is 0 Å². The van der Waals surface area contributed by atoms with Crippen LogP contribution in [0.3, 0.4) is 0 Å². The zero-order chi connectivity index (χ0) is 27.8. The van der Waals surface area contributed by atoms with Gasteiger partial charge in [0.1, 0.15) is 5.75 Å². The van der Waals surface area contributed by atoms with Crippen molar-refractivity contribution in [1.29, 1.82) is 0 Å². The molecule has 9 heteroatoms. The standard InChI is InChI=1S/C30H28Br2N4O3/c1-17(2)39-28-23(15-20(31)16-24(28)32)27(25-18(3)33-35(29(25)37)21-11-7-5-8-12-21)26-19(4)34-36(30(26)38)22-13-9-6-10-14-22/h5-17,27,33-34H,1-4H3. The first-order valence-electron chi connectivity index (χ1n) is 12.6. The fourth-order valence-corrected chi connectivity index (χ4v) is 6.28. The van der Waals surface area contributed by atoms with Crippen LogP contribution in [0.1, 0.15) is 47.8 Å². The van der Waals surface area contributed by atoms with Crippen LogP contribution in [0.15, 0.2) is 91.3 Å². The van der Waals surface area contributed by atoms with Crippen molar-refractivity contribution in [3.63, 3.8) is 0 Å². The smallest absolute Gasteiger partial charge is 0.275 e. The highest BCUT2D eigenvalue weighted by atomic mass is 79.9. The van der Waals surface area contributed by atoms with Gasteiger partial charge in [-0.05, 0) is 80.0 Å². The number of rotatable bonds is 7. The van der Waals surface area contributed by atoms with E-state index in [0.29, 0.717) is 45.2 Å². The second kappa shape index (κ2) is 10.9. The molecule has 5 aromatic rings. The van der Waals surface area contributed by atoms with Gasteiger partial charge in [0.2, 0.25) is 0 Å². The Hall–Kier alpha value is -3.56. The normalized spacial score (nSPS) is 11.5. The summed E-state index contributed by atoms with van der Waals surface area (Å²) < 4.78 is 10.8. The molecule has 3 aromatic carbocycles. The quantitative estimate of drug-likeness (QED) is 0.204. The molecule has 0 atom stereocenters. The maximum atomic E-state index is 14.1. The number of nitrogens with one attached hydrogen (secondary N) is 2. The molecule has 0 radical (unpaired) electrons. The molecule has 5 rings (SSSR count). The van der Waals surface area contributed by atoms with Crippen molar-refractivity contribution < 1.29 is 4.74 Å². The SMILES string of the molecule is Cc1[nH]n(-c2ccccc2)c(=O)c1C(c1cc(Br)cc(Br)c1OC(C)C)c1c(C)[nH]n(-c2ccccc2)c1=O. The molecule has 200 valence electrons. The van der Waals surface area contributed by atoms with Crippen LogP contribution in [0.4, 0.5) is 0 Å². The molecule has 0 fully saturated rings. The van der Waals surface area contributed by atoms with E-state index in [4.69, 9.17) is 4.74 Å². The lowest BCUT2D eigenvalue weighted by molar-refractivity contribution is 0.238. The topological polar surface area (TPSA) is 84.8 Å². The molecular weight excluding hydrogens is 624 g/mol. The number of H-pyrrole nitrogens is 2. The molecule has 0 bridgehead atoms. The number of aromatic amines is 2. The molecule has 2 heterocycles. The van der Waals surface area contributed by atoms with Gasteiger partial charge in [-0.2, -0.15) is 0 Å². The number of hydrogen-bond acceptors (Lipinski definition) is 3. The number of halogens is 2. The number of nitrogens with zero attached hydrogens (tertiary/aromatic N) is 2. The molecule has 0 aliphatic heterocycles. The van der Waals surface area contributed by atoms with E-state index in [0.717, 1.165) is 8.95 Å². The molecule has 0 aliphatic rings. The molecule has 0 aliphatic carbocycles. The van der Waals surface area contributed by atoms with E-state index in [1.54, 1.807) is 0 Å². The minimum Gasteiger partial charge on any atom is -0.490 e. The highest BCUT2D eigenvalue weighted by Crippen LogP contribution is 2.43. The van der Waals surface area contributed by atoms with Gasteiger partial charge in [-0.25, -0.2) is 9.36 Å². The monoisotopic (exact) mass is 650 g/mol. The molecule has 0 spiro atoms. The molecule has 7 nitrogen and oxygen atoms in total. The number of aryl methyl sites for hydroxylation is 2. The molecule has 2 aromatic heterocycles. The third-order valence-corrected chi connectivity index (χ3v) is 7.59. The van der Waals surface area contributed by atoms with Crippen LogP contribution in [0.5, 0.6) is 5.75 Å². The molecule has 0 amide bonds. The summed E-state index contributed by atoms with van der Waals surface area (Å²) in [6.45, 7) is 7.61. The minimum absolute atomic E-state index is 0.136. The largest absolute Gasteiger partial charge is 0.490 e. The van der Waals surface area contributed by atoms with Crippen LogP contribution in [-0.4, -0.2) is 25.7 Å². The van der Waals surface area contributed by atoms with Crippen molar-refractivity contribution in [2.24, 2.45) is 0 Å². The van der Waals surface area contributed by atoms with E-state index in [9.17, 15) is 9.59 Å². The van der Waals surface area contributed by atoms with E-state index in [-0.39, 0.29) is 17.2 Å². The Morgan fingerprint density at radius 3 is 1.64 bits per heavy atom. The van der Waals surface area contributed by atoms with Crippen molar-refractivity contribution in [3.05, 3.63) is 131 Å². The third-order valence-electron chi connectivity index (χ3n) is 6.54. The van der Waals surface area contributed by atoms with E-state index >= 15 is 0 Å². The van der Waals surface area contributed by atoms with Crippen LogP contribution in [0, 0.1) is 13.8 Å². The maximum Gasteiger partial charge on any atom is 0.275 e. The molecule has 0 saturated carbocycles. The second-order valence-electron chi connectivity index (χ2n) is 9.66. The molecule has 0 saturated heterocycles. The van der Waals surface area contributed by atoms with Crippen LogP contribution >= 0.6 is 31.9 Å². The van der Waals surface area contributed by atoms with Gasteiger partial charge in [-0.3, -0.25) is 19.8 Å². The Morgan fingerprint density at radius 1 is 0.744 bits per heavy atom. The first-order chi connectivity index (χ1) is 18.7. The predicted octanol–water partition coefficient (Wildman–Crippen LogP) is 6.75. The van der Waals surface area contributed by atoms with E-state index < -0.39 is 5.92 Å². The first-order valence-corrected chi connectivity index (χ1v) is 14.2. The van der Waals surface area contributed by atoms with Crippen molar-refractivity contribution in [3.8, 4) is 17.1 Å². The summed E-state index contributed by atoms with van der Waals surface area (Å²) >= 11 is 7.28. The molecular formula is C30H28Br2N4O3. The molecule has 39 heavy (non-hydrogen) atoms. The zero-order valence-electron chi connectivity index (χ0n) is 22.0. The van der Waals surface area contributed by atoms with Crippen molar-refractivity contribution in [2.45, 2.75) is 39.7 Å². The summed E-state index contributed by atoms with van der Waals surface area (Å²) in [5.74, 6) is -0.148. The Labute approximate surface area is 242 Å². The predicted molar refractivity (Wildman–Crippen MR) is 161 cm³/mol. The van der Waals surface area contributed by atoms with Crippen LogP contribution in [-0.2, 0) is 0 Å². The van der Waals surface area contributed by atoms with E-state index in [1.165, 1.54) is 9.36 Å². The molecule has 0 unspecified atom stereocenters. The van der Waals surface area contributed by atoms with Gasteiger partial charge in [0, 0.05) is 21.4 Å². The van der Waals surface area contributed by atoms with Gasteiger partial charge < -0.3 is 4.74 Å². The summed E-state index contributed by atoms with van der Waals surface area (Å²) in [4.78, 5) is 28.3. The Kier molecular flexibility index (Phi) is 7.55. The van der Waals surface area contributed by atoms with Crippen molar-refractivity contribution in [2.75, 3.05) is 0 Å². The highest BCUT2D eigenvalue weighted by Gasteiger charge is 2.34. The first kappa shape index (κ1) is 27.0. The highest BCUT2D eigenvalue weighted by molar-refractivity contribution is 9.11. The maximum absolute atomic E-state index is 14.1. The van der Waals surface area contributed by atoms with E-state index in [2.05, 4.69) is 42.1 Å². The summed E-state index contributed by atoms with van der Waals surface area (Å²) in [5.41, 5.74) is 3.90. The van der Waals surface area contributed by atoms with Gasteiger partial charge in [0.15, 0.2) is 0 Å². The summed E-state index contributed by atoms with van der Waals surface area (Å²) in [6.07, 6.45) is -0.136. The average Bonchev–Trinajstić information content (AvgIpc) is 3.37. The van der Waals surface area contributed by atoms with Crippen molar-refractivity contribution in [1.82, 2.24) is 19.6 Å². The Balaban J connectivity index is 1.85. The summed E-state index contributed by atoms with van der Waals surface area (Å²) in [5, 5.41) is 6.47. The van der Waals surface area contributed by atoms with Crippen LogP contribution in [0.2, 0.25) is 0 Å². The van der Waals surface area contributed by atoms with Gasteiger partial charge in [-0.1, -0.05) is 52.3 Å². The van der Waals surface area contributed by atoms with Crippen molar-refractivity contribution >= 4 is 31.9 Å². The lowest BCUT2D eigenvalue weighted by Gasteiger charge is -2.22. The number of para-hydroxylation sites is 2. The summed E-state index contributed by atoms with van der Waals surface area (Å²) in [7, 11) is 0. The number of aromatic nitrogens is 4. The number of benzene rings is 3. The van der Waals surface area contributed by atoms with Crippen LogP contribution in [0.25, 0.3) is 11.4 Å². The lowest BCUT2D eigenvalue weighted by Crippen LogP contribution is -2.26. The number of hydrogen-bond donors (Lipinski definition) is 2. The van der Waals surface area contributed by atoms with Crippen LogP contribution < -0.4 is 15.9 Å². The second-order valence-corrected chi connectivity index (χ2v) is 11.4. The summed E-state index contributed by atoms with van der Waals surface area (Å²) in [6, 6.07) is 22.6.